The van der Waals surface area contributed by atoms with Crippen molar-refractivity contribution in [1.29, 1.82) is 0 Å². The largest absolute Gasteiger partial charge is 0.345 e. The molecule has 0 fully saturated rings. The lowest BCUT2D eigenvalue weighted by molar-refractivity contribution is 0.0827. The van der Waals surface area contributed by atoms with E-state index in [1.54, 1.807) is 38.4 Å². The molecule has 0 heterocycles. The third-order valence-electron chi connectivity index (χ3n) is 3.73. The van der Waals surface area contributed by atoms with Crippen LogP contribution in [-0.4, -0.2) is 57.6 Å². The Bertz CT molecular complexity index is 988. The van der Waals surface area contributed by atoms with Gasteiger partial charge in [0.15, 0.2) is 0 Å². The molecule has 0 bridgehead atoms. The number of halogens is 1. The molecule has 1 N–H and O–H groups in total. The summed E-state index contributed by atoms with van der Waals surface area (Å²) in [7, 11) is 2.23. The van der Waals surface area contributed by atoms with Crippen LogP contribution in [0.5, 0.6) is 0 Å². The topological polar surface area (TPSA) is 86.8 Å². The lowest BCUT2D eigenvalue weighted by Gasteiger charge is -2.14. The van der Waals surface area contributed by atoms with E-state index >= 15 is 0 Å². The van der Waals surface area contributed by atoms with Crippen molar-refractivity contribution in [3.05, 3.63) is 58.6 Å². The van der Waals surface area contributed by atoms with Gasteiger partial charge < -0.3 is 10.2 Å². The van der Waals surface area contributed by atoms with E-state index in [-0.39, 0.29) is 21.4 Å². The predicted octanol–water partition coefficient (Wildman–Crippen LogP) is 2.54. The van der Waals surface area contributed by atoms with Crippen LogP contribution in [0.4, 0.5) is 5.69 Å². The van der Waals surface area contributed by atoms with Gasteiger partial charge in [-0.15, -0.1) is 0 Å². The molecule has 2 aromatic rings. The van der Waals surface area contributed by atoms with Gasteiger partial charge in [0.05, 0.1) is 5.02 Å². The molecule has 0 radical (unpaired) electrons. The van der Waals surface area contributed by atoms with Crippen LogP contribution in [0.15, 0.2) is 47.4 Å². The lowest BCUT2D eigenvalue weighted by Crippen LogP contribution is -2.23. The lowest BCUT2D eigenvalue weighted by atomic mass is 10.1. The molecular weight excluding hydrogens is 390 g/mol. The molecule has 144 valence electrons. The summed E-state index contributed by atoms with van der Waals surface area (Å²) >= 11 is 6.00. The average molecular weight is 410 g/mol. The fourth-order valence-electron chi connectivity index (χ4n) is 2.23. The first kappa shape index (κ1) is 20.9. The Hall–Kier alpha value is -2.42. The normalized spacial score (nSPS) is 11.3. The maximum atomic E-state index is 12.5. The van der Waals surface area contributed by atoms with E-state index in [1.165, 1.54) is 37.2 Å². The molecule has 7 nitrogen and oxygen atoms in total. The maximum Gasteiger partial charge on any atom is 0.255 e. The van der Waals surface area contributed by atoms with Gasteiger partial charge in [-0.2, -0.15) is 0 Å². The van der Waals surface area contributed by atoms with E-state index in [2.05, 4.69) is 5.32 Å². The molecule has 0 spiro atoms. The Morgan fingerprint density at radius 2 is 1.63 bits per heavy atom. The molecule has 0 saturated carbocycles. The van der Waals surface area contributed by atoms with Crippen molar-refractivity contribution in [1.82, 2.24) is 9.21 Å². The highest BCUT2D eigenvalue weighted by Crippen LogP contribution is 2.25. The van der Waals surface area contributed by atoms with E-state index in [0.29, 0.717) is 11.3 Å². The Kier molecular flexibility index (Phi) is 6.25. The number of hydrogen-bond donors (Lipinski definition) is 1. The second kappa shape index (κ2) is 8.08. The van der Waals surface area contributed by atoms with E-state index in [9.17, 15) is 18.0 Å². The average Bonchev–Trinajstić information content (AvgIpc) is 2.61. The van der Waals surface area contributed by atoms with Crippen molar-refractivity contribution in [2.45, 2.75) is 4.90 Å². The second-order valence-corrected chi connectivity index (χ2v) is 8.69. The van der Waals surface area contributed by atoms with E-state index in [4.69, 9.17) is 11.6 Å². The van der Waals surface area contributed by atoms with E-state index in [0.717, 1.165) is 4.31 Å². The van der Waals surface area contributed by atoms with Crippen LogP contribution in [-0.2, 0) is 10.0 Å². The molecule has 0 aliphatic rings. The molecule has 0 aromatic heterocycles. The molecule has 2 amide bonds. The quantitative estimate of drug-likeness (QED) is 0.822. The fraction of sp³-hybridized carbons (Fsp3) is 0.222. The number of carbonyl (C=O) groups excluding carboxylic acids is 2. The number of anilines is 1. The van der Waals surface area contributed by atoms with Crippen LogP contribution in [0, 0.1) is 0 Å². The second-order valence-electron chi connectivity index (χ2n) is 6.17. The highest BCUT2D eigenvalue weighted by molar-refractivity contribution is 7.89. The van der Waals surface area contributed by atoms with E-state index in [1.807, 2.05) is 0 Å². The monoisotopic (exact) mass is 409 g/mol. The summed E-state index contributed by atoms with van der Waals surface area (Å²) in [4.78, 5) is 25.8. The number of nitrogens with one attached hydrogen (secondary N) is 1. The standard InChI is InChI=1S/C18H20ClN3O4S/c1-21(2)18(24)13-6-5-7-14(10-13)20-17(23)12-8-9-15(19)16(11-12)27(25,26)22(3)4/h5-11H,1-4H3,(H,20,23). The third kappa shape index (κ3) is 4.65. The maximum absolute atomic E-state index is 12.5. The first-order chi connectivity index (χ1) is 12.5. The molecule has 2 aromatic carbocycles. The molecule has 27 heavy (non-hydrogen) atoms. The van der Waals surface area contributed by atoms with Gasteiger partial charge in [-0.3, -0.25) is 9.59 Å². The number of carbonyl (C=O) groups is 2. The van der Waals surface area contributed by atoms with Gasteiger partial charge in [0.1, 0.15) is 4.90 Å². The molecule has 2 rings (SSSR count). The fourth-order valence-corrected chi connectivity index (χ4v) is 3.62. The van der Waals surface area contributed by atoms with Gasteiger partial charge in [0, 0.05) is 45.0 Å². The number of nitrogens with zero attached hydrogens (tertiary/aromatic N) is 2. The zero-order valence-electron chi connectivity index (χ0n) is 15.4. The molecule has 9 heteroatoms. The van der Waals surface area contributed by atoms with Crippen molar-refractivity contribution in [3.63, 3.8) is 0 Å². The van der Waals surface area contributed by atoms with Gasteiger partial charge in [-0.25, -0.2) is 12.7 Å². The van der Waals surface area contributed by atoms with Gasteiger partial charge in [-0.1, -0.05) is 17.7 Å². The van der Waals surface area contributed by atoms with Crippen molar-refractivity contribution in [2.75, 3.05) is 33.5 Å². The SMILES string of the molecule is CN(C)C(=O)c1cccc(NC(=O)c2ccc(Cl)c(S(=O)(=O)N(C)C)c2)c1. The van der Waals surface area contributed by atoms with Gasteiger partial charge in [0.2, 0.25) is 10.0 Å². The Morgan fingerprint density at radius 3 is 2.22 bits per heavy atom. The Balaban J connectivity index is 2.32. The van der Waals surface area contributed by atoms with Gasteiger partial charge >= 0.3 is 0 Å². The highest BCUT2D eigenvalue weighted by atomic mass is 35.5. The van der Waals surface area contributed by atoms with Crippen LogP contribution >= 0.6 is 11.6 Å². The summed E-state index contributed by atoms with van der Waals surface area (Å²) in [6, 6.07) is 10.5. The Labute approximate surface area is 163 Å². The number of amides is 2. The van der Waals surface area contributed by atoms with Gasteiger partial charge in [0.25, 0.3) is 11.8 Å². The van der Waals surface area contributed by atoms with Gasteiger partial charge in [-0.05, 0) is 36.4 Å². The van der Waals surface area contributed by atoms with Crippen molar-refractivity contribution < 1.29 is 18.0 Å². The first-order valence-corrected chi connectivity index (χ1v) is 9.71. The first-order valence-electron chi connectivity index (χ1n) is 7.89. The molecule has 0 aliphatic carbocycles. The zero-order valence-corrected chi connectivity index (χ0v) is 16.9. The summed E-state index contributed by atoms with van der Waals surface area (Å²) in [5, 5.41) is 2.69. The number of hydrogen-bond acceptors (Lipinski definition) is 4. The number of sulfonamides is 1. The molecule has 0 saturated heterocycles. The molecule has 0 unspecified atom stereocenters. The van der Waals surface area contributed by atoms with E-state index < -0.39 is 15.9 Å². The number of benzene rings is 2. The minimum atomic E-state index is -3.79. The van der Waals surface area contributed by atoms with Crippen molar-refractivity contribution in [2.24, 2.45) is 0 Å². The summed E-state index contributed by atoms with van der Waals surface area (Å²) in [6.07, 6.45) is 0. The summed E-state index contributed by atoms with van der Waals surface area (Å²) < 4.78 is 25.7. The summed E-state index contributed by atoms with van der Waals surface area (Å²) in [5.41, 5.74) is 0.966. The minimum Gasteiger partial charge on any atom is -0.345 e. The van der Waals surface area contributed by atoms with Crippen molar-refractivity contribution >= 4 is 39.1 Å². The third-order valence-corrected chi connectivity index (χ3v) is 6.02. The molecule has 0 aliphatic heterocycles. The smallest absolute Gasteiger partial charge is 0.255 e. The van der Waals surface area contributed by atoms with Crippen molar-refractivity contribution in [3.8, 4) is 0 Å². The van der Waals surface area contributed by atoms with Crippen LogP contribution < -0.4 is 5.32 Å². The van der Waals surface area contributed by atoms with Crippen LogP contribution in [0.3, 0.4) is 0 Å². The Morgan fingerprint density at radius 1 is 0.963 bits per heavy atom. The zero-order chi connectivity index (χ0) is 20.4. The van der Waals surface area contributed by atoms with Crippen LogP contribution in [0.2, 0.25) is 5.02 Å². The van der Waals surface area contributed by atoms with Crippen LogP contribution in [0.1, 0.15) is 20.7 Å². The highest BCUT2D eigenvalue weighted by Gasteiger charge is 2.22. The summed E-state index contributed by atoms with van der Waals surface area (Å²) in [5.74, 6) is -0.715. The molecule has 0 atom stereocenters. The minimum absolute atomic E-state index is 0.0267. The molecular formula is C18H20ClN3O4S. The predicted molar refractivity (Wildman–Crippen MR) is 105 cm³/mol. The van der Waals surface area contributed by atoms with Crippen LogP contribution in [0.25, 0.3) is 0 Å². The summed E-state index contributed by atoms with van der Waals surface area (Å²) in [6.45, 7) is 0. The number of rotatable bonds is 5.